The fraction of sp³-hybridized carbons (Fsp3) is 0.0625. The monoisotopic (exact) mass is 449 g/mol. The van der Waals surface area contributed by atoms with E-state index in [-0.39, 0.29) is 32.5 Å². The van der Waals surface area contributed by atoms with Crippen molar-refractivity contribution >= 4 is 35.0 Å². The molecule has 2 aromatic carbocycles. The van der Waals surface area contributed by atoms with Crippen LogP contribution in [-0.2, 0) is 0 Å². The second-order valence-corrected chi connectivity index (χ2v) is 7.19. The topological polar surface area (TPSA) is 77.0 Å². The first-order chi connectivity index (χ1) is 13.1. The number of hydrogen-bond acceptors (Lipinski definition) is 5. The van der Waals surface area contributed by atoms with Crippen LogP contribution in [0.15, 0.2) is 57.1 Å². The van der Waals surface area contributed by atoms with Gasteiger partial charge in [-0.2, -0.15) is 13.2 Å². The van der Waals surface area contributed by atoms with Gasteiger partial charge in [0.1, 0.15) is 6.20 Å². The first-order valence-electron chi connectivity index (χ1n) is 7.34. The average molecular weight is 450 g/mol. The highest BCUT2D eigenvalue weighted by molar-refractivity contribution is 8.00. The van der Waals surface area contributed by atoms with Gasteiger partial charge in [0.2, 0.25) is 0 Å². The third kappa shape index (κ3) is 4.89. The van der Waals surface area contributed by atoms with Crippen LogP contribution in [0.1, 0.15) is 0 Å². The van der Waals surface area contributed by atoms with Gasteiger partial charge in [0.05, 0.1) is 10.0 Å². The molecular formula is C16H8Cl2F3N3O3S. The molecule has 0 saturated heterocycles. The highest BCUT2D eigenvalue weighted by atomic mass is 35.5. The lowest BCUT2D eigenvalue weighted by Crippen LogP contribution is -2.34. The zero-order chi connectivity index (χ0) is 20.5. The number of hydrogen-bond donors (Lipinski definition) is 1. The summed E-state index contributed by atoms with van der Waals surface area (Å²) in [4.78, 5) is 30.4. The first kappa shape index (κ1) is 20.3. The quantitative estimate of drug-likeness (QED) is 0.598. The Labute approximate surface area is 168 Å². The van der Waals surface area contributed by atoms with E-state index in [1.54, 1.807) is 0 Å². The number of nitrogens with zero attached hydrogens (tertiary/aromatic N) is 2. The molecule has 3 aromatic rings. The van der Waals surface area contributed by atoms with Crippen LogP contribution in [0.5, 0.6) is 5.75 Å². The molecule has 1 N–H and O–H groups in total. The molecule has 0 unspecified atom stereocenters. The molecule has 0 spiro atoms. The molecule has 0 bridgehead atoms. The van der Waals surface area contributed by atoms with Crippen LogP contribution >= 0.6 is 35.0 Å². The number of alkyl halides is 3. The second kappa shape index (κ2) is 7.90. The maximum Gasteiger partial charge on any atom is 0.446 e. The van der Waals surface area contributed by atoms with Crippen LogP contribution in [0, 0.1) is 0 Å². The number of halogens is 5. The number of aromatic amines is 1. The van der Waals surface area contributed by atoms with Crippen molar-refractivity contribution in [1.29, 1.82) is 0 Å². The summed E-state index contributed by atoms with van der Waals surface area (Å²) in [5.41, 5.74) is -5.11. The van der Waals surface area contributed by atoms with E-state index in [9.17, 15) is 22.8 Å². The predicted octanol–water partition coefficient (Wildman–Crippen LogP) is 4.36. The maximum absolute atomic E-state index is 12.4. The molecule has 12 heteroatoms. The van der Waals surface area contributed by atoms with Gasteiger partial charge >= 0.3 is 11.2 Å². The lowest BCUT2D eigenvalue weighted by molar-refractivity contribution is -0.0328. The Morgan fingerprint density at radius 1 is 1.07 bits per heavy atom. The average Bonchev–Trinajstić information content (AvgIpc) is 2.57. The molecule has 1 aromatic heterocycles. The van der Waals surface area contributed by atoms with E-state index in [0.717, 1.165) is 6.20 Å². The molecule has 0 aliphatic rings. The van der Waals surface area contributed by atoms with E-state index in [1.165, 1.54) is 36.4 Å². The molecule has 0 aliphatic carbocycles. The minimum atomic E-state index is -4.39. The molecule has 0 saturated carbocycles. The van der Waals surface area contributed by atoms with Gasteiger partial charge in [-0.3, -0.25) is 9.78 Å². The highest BCUT2D eigenvalue weighted by Gasteiger charge is 2.29. The normalized spacial score (nSPS) is 11.5. The van der Waals surface area contributed by atoms with Crippen molar-refractivity contribution in [3.05, 3.63) is 73.5 Å². The minimum Gasteiger partial charge on any atom is -0.353 e. The van der Waals surface area contributed by atoms with Crippen molar-refractivity contribution in [1.82, 2.24) is 14.9 Å². The Hall–Kier alpha value is -2.43. The summed E-state index contributed by atoms with van der Waals surface area (Å²) in [6, 6.07) is 8.20. The smallest absolute Gasteiger partial charge is 0.353 e. The number of H-pyrrole nitrogens is 1. The first-order valence-corrected chi connectivity index (χ1v) is 8.92. The molecule has 0 amide bonds. The number of thioether (sulfide) groups is 1. The molecule has 6 nitrogen and oxygen atoms in total. The summed E-state index contributed by atoms with van der Waals surface area (Å²) in [6.45, 7) is 0. The summed E-state index contributed by atoms with van der Waals surface area (Å²) >= 11 is 12.2. The maximum atomic E-state index is 12.4. The number of rotatable bonds is 4. The van der Waals surface area contributed by atoms with Gasteiger partial charge < -0.3 is 4.84 Å². The van der Waals surface area contributed by atoms with Crippen LogP contribution in [0.25, 0.3) is 11.1 Å². The molecular weight excluding hydrogens is 442 g/mol. The Morgan fingerprint density at radius 2 is 1.68 bits per heavy atom. The van der Waals surface area contributed by atoms with Gasteiger partial charge in [0.25, 0.3) is 5.56 Å². The summed E-state index contributed by atoms with van der Waals surface area (Å²) in [5, 5.41) is 3.78. The Kier molecular flexibility index (Phi) is 5.73. The van der Waals surface area contributed by atoms with Gasteiger partial charge in [-0.15, -0.1) is 5.10 Å². The van der Waals surface area contributed by atoms with Crippen LogP contribution in [0.4, 0.5) is 13.2 Å². The number of nitrogens with one attached hydrogen (secondary N) is 1. The largest absolute Gasteiger partial charge is 0.446 e. The van der Waals surface area contributed by atoms with Gasteiger partial charge in [-0.05, 0) is 34.3 Å². The lowest BCUT2D eigenvalue weighted by Gasteiger charge is -2.12. The van der Waals surface area contributed by atoms with E-state index >= 15 is 0 Å². The van der Waals surface area contributed by atoms with Crippen LogP contribution in [0.2, 0.25) is 10.0 Å². The summed E-state index contributed by atoms with van der Waals surface area (Å²) in [6.07, 6.45) is 0.847. The standard InChI is InChI=1S/C16H8Cl2F3N3O3S/c17-11-5-9(27-24-15(26)23-13(25)7-22-24)6-12(18)14(11)8-1-3-10(4-2-8)28-16(19,20)21/h1-7H,(H,23,25,26). The van der Waals surface area contributed by atoms with E-state index in [0.29, 0.717) is 16.0 Å². The van der Waals surface area contributed by atoms with Gasteiger partial charge in [0.15, 0.2) is 5.75 Å². The van der Waals surface area contributed by atoms with Crippen molar-refractivity contribution in [2.45, 2.75) is 10.4 Å². The van der Waals surface area contributed by atoms with Crippen LogP contribution < -0.4 is 16.1 Å². The molecule has 28 heavy (non-hydrogen) atoms. The van der Waals surface area contributed by atoms with Crippen LogP contribution in [-0.4, -0.2) is 20.4 Å². The van der Waals surface area contributed by atoms with Gasteiger partial charge in [-0.1, -0.05) is 35.3 Å². The third-order valence-corrected chi connectivity index (χ3v) is 4.60. The zero-order valence-electron chi connectivity index (χ0n) is 13.5. The van der Waals surface area contributed by atoms with Crippen LogP contribution in [0.3, 0.4) is 0 Å². The Bertz CT molecular complexity index is 1110. The molecule has 0 atom stereocenters. The third-order valence-electron chi connectivity index (χ3n) is 3.27. The summed E-state index contributed by atoms with van der Waals surface area (Å²) in [7, 11) is 0. The highest BCUT2D eigenvalue weighted by Crippen LogP contribution is 2.40. The van der Waals surface area contributed by atoms with Crippen molar-refractivity contribution in [2.75, 3.05) is 0 Å². The molecule has 0 aliphatic heterocycles. The van der Waals surface area contributed by atoms with Crippen molar-refractivity contribution < 1.29 is 18.0 Å². The molecule has 1 heterocycles. The predicted molar refractivity (Wildman–Crippen MR) is 99.0 cm³/mol. The zero-order valence-corrected chi connectivity index (χ0v) is 15.8. The summed E-state index contributed by atoms with van der Waals surface area (Å²) < 4.78 is 37.3. The minimum absolute atomic E-state index is 0.0203. The Balaban J connectivity index is 1.90. The van der Waals surface area contributed by atoms with Crippen molar-refractivity contribution in [3.8, 4) is 16.9 Å². The molecule has 3 rings (SSSR count). The lowest BCUT2D eigenvalue weighted by atomic mass is 10.1. The number of aromatic nitrogens is 3. The van der Waals surface area contributed by atoms with E-state index < -0.39 is 16.8 Å². The molecule has 0 fully saturated rings. The van der Waals surface area contributed by atoms with E-state index in [4.69, 9.17) is 28.0 Å². The van der Waals surface area contributed by atoms with Gasteiger partial charge in [0, 0.05) is 22.6 Å². The molecule has 146 valence electrons. The van der Waals surface area contributed by atoms with Crippen molar-refractivity contribution in [3.63, 3.8) is 0 Å². The second-order valence-electron chi connectivity index (χ2n) is 5.24. The molecule has 0 radical (unpaired) electrons. The van der Waals surface area contributed by atoms with E-state index in [1.807, 2.05) is 4.98 Å². The van der Waals surface area contributed by atoms with E-state index in [2.05, 4.69) is 5.10 Å². The Morgan fingerprint density at radius 3 is 2.21 bits per heavy atom. The van der Waals surface area contributed by atoms with Crippen molar-refractivity contribution in [2.24, 2.45) is 0 Å². The summed E-state index contributed by atoms with van der Waals surface area (Å²) in [5.74, 6) is 0.0599. The number of benzene rings is 2. The van der Waals surface area contributed by atoms with Gasteiger partial charge in [-0.25, -0.2) is 4.79 Å². The fourth-order valence-corrected chi connectivity index (χ4v) is 3.43. The fourth-order valence-electron chi connectivity index (χ4n) is 2.21. The SMILES string of the molecule is O=c1cnn(Oc2cc(Cl)c(-c3ccc(SC(F)(F)F)cc3)c(Cl)c2)c(=O)[nH]1.